The number of benzene rings is 1. The third-order valence-electron chi connectivity index (χ3n) is 6.13. The zero-order valence-electron chi connectivity index (χ0n) is 16.2. The molecule has 1 heterocycles. The second-order valence-corrected chi connectivity index (χ2v) is 8.20. The molecule has 0 radical (unpaired) electrons. The lowest BCUT2D eigenvalue weighted by molar-refractivity contribution is -0.119. The van der Waals surface area contributed by atoms with Gasteiger partial charge in [-0.2, -0.15) is 5.10 Å². The molecule has 2 fully saturated rings. The van der Waals surface area contributed by atoms with E-state index in [-0.39, 0.29) is 11.8 Å². The van der Waals surface area contributed by atoms with Crippen molar-refractivity contribution in [3.05, 3.63) is 42.1 Å². The van der Waals surface area contributed by atoms with E-state index in [9.17, 15) is 4.79 Å². The molecule has 2 saturated carbocycles. The van der Waals surface area contributed by atoms with Crippen molar-refractivity contribution in [3.63, 3.8) is 0 Å². The van der Waals surface area contributed by atoms with Gasteiger partial charge in [-0.1, -0.05) is 31.5 Å². The number of rotatable bonds is 7. The largest absolute Gasteiger partial charge is 0.494 e. The number of fused-ring (bicyclic) bond motifs is 2. The molecule has 144 valence electrons. The number of hydrogen-bond acceptors (Lipinski definition) is 3. The first-order chi connectivity index (χ1) is 13.1. The average Bonchev–Trinajstić information content (AvgIpc) is 3.38. The molecule has 1 amide bonds. The molecule has 5 heteroatoms. The number of anilines is 1. The molecule has 0 aliphatic heterocycles. The Kier molecular flexibility index (Phi) is 5.19. The maximum Gasteiger partial charge on any atom is 0.228 e. The molecule has 0 spiro atoms. The van der Waals surface area contributed by atoms with Gasteiger partial charge in [0.25, 0.3) is 0 Å². The van der Waals surface area contributed by atoms with E-state index in [1.807, 2.05) is 50.2 Å². The van der Waals surface area contributed by atoms with E-state index in [0.29, 0.717) is 19.1 Å². The first-order valence-electron chi connectivity index (χ1n) is 10.1. The van der Waals surface area contributed by atoms with Gasteiger partial charge >= 0.3 is 0 Å². The van der Waals surface area contributed by atoms with Gasteiger partial charge in [0.15, 0.2) is 0 Å². The third-order valence-corrected chi connectivity index (χ3v) is 6.13. The van der Waals surface area contributed by atoms with Crippen LogP contribution in [0.15, 0.2) is 36.4 Å². The number of ether oxygens (including phenoxy) is 1. The summed E-state index contributed by atoms with van der Waals surface area (Å²) >= 11 is 0. The summed E-state index contributed by atoms with van der Waals surface area (Å²) in [4.78, 5) is 12.7. The van der Waals surface area contributed by atoms with Crippen molar-refractivity contribution in [2.75, 3.05) is 11.9 Å². The van der Waals surface area contributed by atoms with Crippen molar-refractivity contribution in [1.82, 2.24) is 9.78 Å². The smallest absolute Gasteiger partial charge is 0.228 e. The summed E-state index contributed by atoms with van der Waals surface area (Å²) in [7, 11) is 0. The molecular weight excluding hydrogens is 338 g/mol. The topological polar surface area (TPSA) is 56.1 Å². The Bertz CT molecular complexity index is 786. The average molecular weight is 367 g/mol. The van der Waals surface area contributed by atoms with Crippen LogP contribution in [0.2, 0.25) is 0 Å². The molecule has 4 unspecified atom stereocenters. The van der Waals surface area contributed by atoms with Gasteiger partial charge in [0.2, 0.25) is 5.91 Å². The normalized spacial score (nSPS) is 24.7. The highest BCUT2D eigenvalue weighted by atomic mass is 16.5. The number of carbonyl (C=O) groups excluding carboxylic acids is 1. The summed E-state index contributed by atoms with van der Waals surface area (Å²) in [5.74, 6) is 3.19. The summed E-state index contributed by atoms with van der Waals surface area (Å²) in [5.41, 5.74) is 0.966. The van der Waals surface area contributed by atoms with Crippen LogP contribution < -0.4 is 10.1 Å². The van der Waals surface area contributed by atoms with Crippen molar-refractivity contribution in [3.8, 4) is 5.75 Å². The summed E-state index contributed by atoms with van der Waals surface area (Å²) in [6.07, 6.45) is 5.87. The molecule has 1 aromatic carbocycles. The highest BCUT2D eigenvalue weighted by molar-refractivity contribution is 5.91. The Hall–Kier alpha value is -2.30. The number of aryl methyl sites for hydroxylation is 1. The predicted molar refractivity (Wildman–Crippen MR) is 106 cm³/mol. The van der Waals surface area contributed by atoms with Crippen LogP contribution in [-0.4, -0.2) is 22.3 Å². The molecular formula is C22H29N3O2. The van der Waals surface area contributed by atoms with Gasteiger partial charge in [0.1, 0.15) is 11.6 Å². The lowest BCUT2D eigenvalue weighted by atomic mass is 9.95. The second-order valence-electron chi connectivity index (χ2n) is 8.20. The number of hydrogen-bond donors (Lipinski definition) is 1. The van der Waals surface area contributed by atoms with Crippen molar-refractivity contribution in [1.29, 1.82) is 0 Å². The van der Waals surface area contributed by atoms with E-state index in [2.05, 4.69) is 10.00 Å². The summed E-state index contributed by atoms with van der Waals surface area (Å²) in [6, 6.07) is 12.2. The molecule has 27 heavy (non-hydrogen) atoms. The fraction of sp³-hybridized carbons (Fsp3) is 0.545. The van der Waals surface area contributed by atoms with Gasteiger partial charge in [-0.15, -0.1) is 0 Å². The fourth-order valence-corrected chi connectivity index (χ4v) is 4.62. The molecule has 1 N–H and O–H groups in total. The lowest BCUT2D eigenvalue weighted by Crippen LogP contribution is -2.26. The lowest BCUT2D eigenvalue weighted by Gasteiger charge is -2.24. The van der Waals surface area contributed by atoms with E-state index >= 15 is 0 Å². The van der Waals surface area contributed by atoms with E-state index < -0.39 is 0 Å². The summed E-state index contributed by atoms with van der Waals surface area (Å²) in [5, 5.41) is 7.83. The predicted octanol–water partition coefficient (Wildman–Crippen LogP) is 4.60. The van der Waals surface area contributed by atoms with Crippen LogP contribution in [0.25, 0.3) is 0 Å². The zero-order chi connectivity index (χ0) is 18.8. The van der Waals surface area contributed by atoms with Crippen LogP contribution in [0, 0.1) is 24.7 Å². The Morgan fingerprint density at radius 3 is 2.81 bits per heavy atom. The van der Waals surface area contributed by atoms with Gasteiger partial charge in [-0.05, 0) is 56.6 Å². The van der Waals surface area contributed by atoms with Gasteiger partial charge in [-0.25, -0.2) is 4.68 Å². The number of aromatic nitrogens is 2. The third kappa shape index (κ3) is 4.02. The van der Waals surface area contributed by atoms with Gasteiger partial charge in [0.05, 0.1) is 18.3 Å². The van der Waals surface area contributed by atoms with Gasteiger partial charge in [0, 0.05) is 12.0 Å². The second kappa shape index (κ2) is 7.75. The first kappa shape index (κ1) is 18.1. The maximum absolute atomic E-state index is 12.7. The molecule has 2 aromatic rings. The highest BCUT2D eigenvalue weighted by Crippen LogP contribution is 2.51. The standard InChI is InChI=1S/C22H29N3O2/c1-15(10-11-27-19-6-4-3-5-7-19)22(26)23-21-12-16(2)24-25(21)20-14-17-8-9-18(20)13-17/h3-7,12,15,17-18,20H,8-11,13-14H2,1-2H3,(H,23,26). The highest BCUT2D eigenvalue weighted by Gasteiger charge is 2.41. The molecule has 0 saturated heterocycles. The Morgan fingerprint density at radius 1 is 1.30 bits per heavy atom. The molecule has 1 aromatic heterocycles. The van der Waals surface area contributed by atoms with Crippen molar-refractivity contribution >= 4 is 11.7 Å². The maximum atomic E-state index is 12.7. The van der Waals surface area contributed by atoms with E-state index in [1.54, 1.807) is 0 Å². The van der Waals surface area contributed by atoms with Crippen LogP contribution in [-0.2, 0) is 4.79 Å². The minimum Gasteiger partial charge on any atom is -0.494 e. The number of nitrogens with zero attached hydrogens (tertiary/aromatic N) is 2. The van der Waals surface area contributed by atoms with Crippen LogP contribution in [0.5, 0.6) is 5.75 Å². The van der Waals surface area contributed by atoms with Crippen molar-refractivity contribution in [2.24, 2.45) is 17.8 Å². The number of nitrogens with one attached hydrogen (secondary N) is 1. The Morgan fingerprint density at radius 2 is 2.11 bits per heavy atom. The quantitative estimate of drug-likeness (QED) is 0.778. The molecule has 2 aliphatic carbocycles. The molecule has 2 bridgehead atoms. The van der Waals surface area contributed by atoms with Crippen LogP contribution in [0.3, 0.4) is 0 Å². The van der Waals surface area contributed by atoms with Crippen LogP contribution in [0.1, 0.15) is 50.8 Å². The summed E-state index contributed by atoms with van der Waals surface area (Å²) < 4.78 is 7.81. The van der Waals surface area contributed by atoms with E-state index in [4.69, 9.17) is 9.84 Å². The molecule has 2 aliphatic rings. The minimum absolute atomic E-state index is 0.0379. The number of amides is 1. The van der Waals surface area contributed by atoms with Crippen molar-refractivity contribution < 1.29 is 9.53 Å². The molecule has 4 atom stereocenters. The summed E-state index contributed by atoms with van der Waals surface area (Å²) in [6.45, 7) is 4.48. The van der Waals surface area contributed by atoms with Crippen molar-refractivity contribution in [2.45, 2.75) is 52.0 Å². The Labute approximate surface area is 161 Å². The van der Waals surface area contributed by atoms with Gasteiger partial charge in [-0.3, -0.25) is 4.79 Å². The number of carbonyl (C=O) groups is 1. The SMILES string of the molecule is Cc1cc(NC(=O)C(C)CCOc2ccccc2)n(C2CC3CCC2C3)n1. The van der Waals surface area contributed by atoms with E-state index in [1.165, 1.54) is 25.7 Å². The minimum atomic E-state index is -0.114. The zero-order valence-corrected chi connectivity index (χ0v) is 16.2. The van der Waals surface area contributed by atoms with Crippen LogP contribution >= 0.6 is 0 Å². The van der Waals surface area contributed by atoms with Gasteiger partial charge < -0.3 is 10.1 Å². The molecule has 4 rings (SSSR count). The monoisotopic (exact) mass is 367 g/mol. The fourth-order valence-electron chi connectivity index (χ4n) is 4.62. The number of para-hydroxylation sites is 1. The first-order valence-corrected chi connectivity index (χ1v) is 10.1. The van der Waals surface area contributed by atoms with Crippen LogP contribution in [0.4, 0.5) is 5.82 Å². The Balaban J connectivity index is 1.34. The molecule has 5 nitrogen and oxygen atoms in total. The van der Waals surface area contributed by atoms with E-state index in [0.717, 1.165) is 29.1 Å².